The van der Waals surface area contributed by atoms with Crippen LogP contribution in [0.1, 0.15) is 97.3 Å². The maximum absolute atomic E-state index is 13.5. The Hall–Kier alpha value is -3.95. The number of hydrogen-bond acceptors (Lipinski definition) is 5. The molecule has 10 nitrogen and oxygen atoms in total. The molecule has 3 aromatic heterocycles. The lowest BCUT2D eigenvalue weighted by Crippen LogP contribution is -2.44. The maximum atomic E-state index is 13.5. The number of carbonyl (C=O) groups excluding carboxylic acids is 1. The first-order valence-corrected chi connectivity index (χ1v) is 14.8. The zero-order valence-corrected chi connectivity index (χ0v) is 24.3. The number of H-pyrrole nitrogens is 1. The zero-order valence-electron chi connectivity index (χ0n) is 24.3. The van der Waals surface area contributed by atoms with Crippen LogP contribution in [0, 0.1) is 13.8 Å². The Kier molecular flexibility index (Phi) is 6.95. The molecule has 0 radical (unpaired) electrons. The minimum Gasteiger partial charge on any atom is -0.296 e. The molecule has 0 spiro atoms. The first-order valence-electron chi connectivity index (χ1n) is 14.8. The van der Waals surface area contributed by atoms with Crippen LogP contribution in [0.4, 0.5) is 0 Å². The summed E-state index contributed by atoms with van der Waals surface area (Å²) in [6.45, 7) is 3.57. The number of aromatic nitrogens is 4. The average molecular weight is 559 g/mol. The number of aryl methyl sites for hydroxylation is 2. The van der Waals surface area contributed by atoms with Gasteiger partial charge in [-0.05, 0) is 62.8 Å². The van der Waals surface area contributed by atoms with Crippen LogP contribution < -0.4 is 27.4 Å². The van der Waals surface area contributed by atoms with Crippen LogP contribution in [-0.4, -0.2) is 35.9 Å². The molecule has 0 atom stereocenters. The van der Waals surface area contributed by atoms with E-state index in [4.69, 9.17) is 0 Å². The minimum atomic E-state index is -0.256. The topological polar surface area (TPSA) is 114 Å². The summed E-state index contributed by atoms with van der Waals surface area (Å²) >= 11 is 0. The molecule has 0 bridgehead atoms. The third kappa shape index (κ3) is 4.35. The van der Waals surface area contributed by atoms with Crippen molar-refractivity contribution in [2.45, 2.75) is 90.1 Å². The molecule has 1 amide bonds. The number of hydrogen-bond donors (Lipinski definition) is 1. The Morgan fingerprint density at radius 1 is 0.780 bits per heavy atom. The first-order chi connectivity index (χ1) is 19.7. The summed E-state index contributed by atoms with van der Waals surface area (Å²) in [6.07, 6.45) is 15.4. The van der Waals surface area contributed by atoms with Gasteiger partial charge in [-0.2, -0.15) is 5.10 Å². The highest BCUT2D eigenvalue weighted by atomic mass is 16.2. The van der Waals surface area contributed by atoms with Crippen molar-refractivity contribution in [3.8, 4) is 0 Å². The Morgan fingerprint density at radius 2 is 1.41 bits per heavy atom. The molecular weight excluding hydrogens is 520 g/mol. The van der Waals surface area contributed by atoms with E-state index in [9.17, 15) is 19.2 Å². The van der Waals surface area contributed by atoms with Crippen molar-refractivity contribution >= 4 is 29.1 Å². The van der Waals surface area contributed by atoms with Gasteiger partial charge in [-0.25, -0.2) is 9.69 Å². The van der Waals surface area contributed by atoms with E-state index in [-0.39, 0.29) is 34.7 Å². The van der Waals surface area contributed by atoms with Crippen LogP contribution in [0.15, 0.2) is 25.6 Å². The van der Waals surface area contributed by atoms with E-state index in [0.717, 1.165) is 51.4 Å². The molecule has 216 valence electrons. The van der Waals surface area contributed by atoms with Gasteiger partial charge in [0.15, 0.2) is 5.49 Å². The number of nitrogens with one attached hydrogen (secondary N) is 1. The molecule has 2 aliphatic carbocycles. The zero-order chi connectivity index (χ0) is 29.0. The van der Waals surface area contributed by atoms with Crippen LogP contribution in [0.5, 0.6) is 0 Å². The molecule has 41 heavy (non-hydrogen) atoms. The second-order valence-corrected chi connectivity index (χ2v) is 11.9. The normalized spacial score (nSPS) is 19.1. The third-order valence-electron chi connectivity index (χ3n) is 9.41. The molecule has 10 heteroatoms. The lowest BCUT2D eigenvalue weighted by Gasteiger charge is -2.27. The SMILES string of the molecule is Cc1c2c(n(C)c(=O)c1=CC=Cc1c(C)c3c(=O)n(C4CCCCC4)[nH]c3n(C)c1=O)=NN(C1CCCCC1)C2=O. The van der Waals surface area contributed by atoms with Crippen molar-refractivity contribution in [1.29, 1.82) is 0 Å². The highest BCUT2D eigenvalue weighted by Gasteiger charge is 2.34. The molecule has 1 N–H and O–H groups in total. The number of allylic oxidation sites excluding steroid dienone is 1. The van der Waals surface area contributed by atoms with Crippen molar-refractivity contribution in [1.82, 2.24) is 23.9 Å². The smallest absolute Gasteiger partial charge is 0.278 e. The van der Waals surface area contributed by atoms with E-state index in [1.807, 2.05) is 0 Å². The van der Waals surface area contributed by atoms with Gasteiger partial charge < -0.3 is 0 Å². The maximum Gasteiger partial charge on any atom is 0.278 e. The number of nitrogens with zero attached hydrogens (tertiary/aromatic N) is 5. The molecular formula is C31H38N6O4. The van der Waals surface area contributed by atoms with Gasteiger partial charge in [0.1, 0.15) is 5.65 Å². The molecule has 2 saturated carbocycles. The molecule has 3 aromatic rings. The fraction of sp³-hybridized carbons (Fsp3) is 0.516. The molecule has 0 saturated heterocycles. The average Bonchev–Trinajstić information content (AvgIpc) is 3.52. The lowest BCUT2D eigenvalue weighted by atomic mass is 9.95. The van der Waals surface area contributed by atoms with Crippen LogP contribution in [-0.2, 0) is 14.1 Å². The van der Waals surface area contributed by atoms with Crippen molar-refractivity contribution in [2.24, 2.45) is 19.2 Å². The highest BCUT2D eigenvalue weighted by Crippen LogP contribution is 2.28. The summed E-state index contributed by atoms with van der Waals surface area (Å²) in [7, 11) is 3.31. The number of amides is 1. The molecule has 6 rings (SSSR count). The van der Waals surface area contributed by atoms with Gasteiger partial charge in [0.25, 0.3) is 22.6 Å². The van der Waals surface area contributed by atoms with Gasteiger partial charge in [0.2, 0.25) is 0 Å². The Labute approximate surface area is 237 Å². The van der Waals surface area contributed by atoms with E-state index < -0.39 is 0 Å². The largest absolute Gasteiger partial charge is 0.296 e. The van der Waals surface area contributed by atoms with Crippen molar-refractivity contribution in [3.63, 3.8) is 0 Å². The van der Waals surface area contributed by atoms with Gasteiger partial charge in [-0.1, -0.05) is 44.6 Å². The summed E-state index contributed by atoms with van der Waals surface area (Å²) in [5, 5.41) is 10.3. The number of aromatic amines is 1. The molecule has 0 unspecified atom stereocenters. The Balaban J connectivity index is 1.41. The second kappa shape index (κ2) is 10.5. The number of carbonyl (C=O) groups is 1. The van der Waals surface area contributed by atoms with Gasteiger partial charge in [-0.3, -0.25) is 33.4 Å². The monoisotopic (exact) mass is 558 g/mol. The minimum absolute atomic E-state index is 0.0655. The van der Waals surface area contributed by atoms with E-state index in [0.29, 0.717) is 44.0 Å². The summed E-state index contributed by atoms with van der Waals surface area (Å²) in [6, 6.07) is 0.184. The summed E-state index contributed by atoms with van der Waals surface area (Å²) in [5.74, 6) is -0.157. The standard InChI is InChI=1S/C31H38N6O4/c1-18-22(28(38)34(3)26-24(18)30(40)36(32-26)20-12-7-5-8-13-20)16-11-17-23-19(2)25-27(35(4)29(23)39)33-37(31(25)41)21-14-9-6-10-15-21/h11,16-17,20-21,32H,5-10,12-15H2,1-4H3. The van der Waals surface area contributed by atoms with Gasteiger partial charge in [0.05, 0.1) is 23.0 Å². The Morgan fingerprint density at radius 3 is 2.07 bits per heavy atom. The van der Waals surface area contributed by atoms with Crippen molar-refractivity contribution in [3.05, 3.63) is 70.1 Å². The van der Waals surface area contributed by atoms with Gasteiger partial charge in [0, 0.05) is 24.9 Å². The quantitative estimate of drug-likeness (QED) is 0.530. The molecule has 4 heterocycles. The third-order valence-corrected chi connectivity index (χ3v) is 9.41. The van der Waals surface area contributed by atoms with Crippen LogP contribution in [0.2, 0.25) is 0 Å². The molecule has 3 aliphatic rings. The lowest BCUT2D eigenvalue weighted by molar-refractivity contribution is 0.0663. The van der Waals surface area contributed by atoms with Gasteiger partial charge >= 0.3 is 0 Å². The fourth-order valence-corrected chi connectivity index (χ4v) is 6.95. The number of rotatable bonds is 4. The van der Waals surface area contributed by atoms with Crippen molar-refractivity contribution < 1.29 is 4.79 Å². The van der Waals surface area contributed by atoms with Crippen molar-refractivity contribution in [2.75, 3.05) is 0 Å². The summed E-state index contributed by atoms with van der Waals surface area (Å²) < 4.78 is 4.63. The first kappa shape index (κ1) is 27.2. The Bertz CT molecular complexity index is 1890. The fourth-order valence-electron chi connectivity index (χ4n) is 6.95. The van der Waals surface area contributed by atoms with E-state index in [1.165, 1.54) is 22.0 Å². The second-order valence-electron chi connectivity index (χ2n) is 11.9. The van der Waals surface area contributed by atoms with E-state index in [2.05, 4.69) is 10.2 Å². The molecule has 2 fully saturated rings. The summed E-state index contributed by atoms with van der Waals surface area (Å²) in [4.78, 5) is 53.6. The number of fused-ring (bicyclic) bond motifs is 2. The van der Waals surface area contributed by atoms with Gasteiger partial charge in [-0.15, -0.1) is 0 Å². The summed E-state index contributed by atoms with van der Waals surface area (Å²) in [5.41, 5.74) is 2.39. The van der Waals surface area contributed by atoms with Crippen LogP contribution in [0.3, 0.4) is 0 Å². The predicted octanol–water partition coefficient (Wildman–Crippen LogP) is 2.67. The van der Waals surface area contributed by atoms with E-state index >= 15 is 0 Å². The molecule has 0 aromatic carbocycles. The van der Waals surface area contributed by atoms with E-state index in [1.54, 1.807) is 55.9 Å². The number of pyridine rings is 2. The molecule has 1 aliphatic heterocycles. The predicted molar refractivity (Wildman–Crippen MR) is 158 cm³/mol. The van der Waals surface area contributed by atoms with Crippen LogP contribution in [0.25, 0.3) is 23.2 Å². The highest BCUT2D eigenvalue weighted by molar-refractivity contribution is 5.96. The van der Waals surface area contributed by atoms with Crippen LogP contribution >= 0.6 is 0 Å².